The van der Waals surface area contributed by atoms with Gasteiger partial charge in [0.05, 0.1) is 7.11 Å². The number of anilines is 1. The Morgan fingerprint density at radius 3 is 2.62 bits per heavy atom. The normalized spacial score (nSPS) is 16.3. The summed E-state index contributed by atoms with van der Waals surface area (Å²) in [6.07, 6.45) is 0. The minimum Gasteiger partial charge on any atom is -0.496 e. The first-order valence-electron chi connectivity index (χ1n) is 5.52. The molecule has 1 N–H and O–H groups in total. The number of hydrogen-bond donors (Lipinski definition) is 1. The third-order valence-corrected chi connectivity index (χ3v) is 3.19. The van der Waals surface area contributed by atoms with E-state index in [0.29, 0.717) is 0 Å². The van der Waals surface area contributed by atoms with Crippen LogP contribution in [0.5, 0.6) is 5.75 Å². The maximum atomic E-state index is 6.10. The SMILES string of the molecule is COc1cc(Cl)cc(N2CCNCC2)c1C. The lowest BCUT2D eigenvalue weighted by molar-refractivity contribution is 0.411. The van der Waals surface area contributed by atoms with Crippen LogP contribution in [0.1, 0.15) is 5.56 Å². The van der Waals surface area contributed by atoms with Gasteiger partial charge in [0.2, 0.25) is 0 Å². The zero-order valence-corrected chi connectivity index (χ0v) is 10.5. The van der Waals surface area contributed by atoms with Crippen LogP contribution in [0.2, 0.25) is 5.02 Å². The van der Waals surface area contributed by atoms with Crippen LogP contribution in [0, 0.1) is 6.92 Å². The number of methoxy groups -OCH3 is 1. The van der Waals surface area contributed by atoms with Gasteiger partial charge in [-0.25, -0.2) is 0 Å². The second-order valence-electron chi connectivity index (χ2n) is 3.99. The van der Waals surface area contributed by atoms with Crippen molar-refractivity contribution in [3.05, 3.63) is 22.7 Å². The van der Waals surface area contributed by atoms with Crippen molar-refractivity contribution in [1.29, 1.82) is 0 Å². The largest absolute Gasteiger partial charge is 0.496 e. The van der Waals surface area contributed by atoms with Crippen LogP contribution in [-0.4, -0.2) is 33.3 Å². The molecule has 0 amide bonds. The number of benzene rings is 1. The molecule has 4 heteroatoms. The van der Waals surface area contributed by atoms with Crippen molar-refractivity contribution < 1.29 is 4.74 Å². The molecule has 0 aromatic heterocycles. The summed E-state index contributed by atoms with van der Waals surface area (Å²) in [5.41, 5.74) is 2.35. The van der Waals surface area contributed by atoms with Crippen molar-refractivity contribution in [2.24, 2.45) is 0 Å². The Labute approximate surface area is 101 Å². The maximum absolute atomic E-state index is 6.10. The predicted molar refractivity (Wildman–Crippen MR) is 67.8 cm³/mol. The van der Waals surface area contributed by atoms with E-state index in [1.165, 1.54) is 5.69 Å². The van der Waals surface area contributed by atoms with E-state index in [4.69, 9.17) is 16.3 Å². The summed E-state index contributed by atoms with van der Waals surface area (Å²) in [7, 11) is 1.68. The van der Waals surface area contributed by atoms with E-state index in [-0.39, 0.29) is 0 Å². The van der Waals surface area contributed by atoms with Gasteiger partial charge in [-0.15, -0.1) is 0 Å². The number of rotatable bonds is 2. The Kier molecular flexibility index (Phi) is 3.56. The average molecular weight is 241 g/mol. The highest BCUT2D eigenvalue weighted by Crippen LogP contribution is 2.32. The number of halogens is 1. The zero-order valence-electron chi connectivity index (χ0n) is 9.72. The number of ether oxygens (including phenoxy) is 1. The van der Waals surface area contributed by atoms with E-state index < -0.39 is 0 Å². The Morgan fingerprint density at radius 1 is 1.31 bits per heavy atom. The second-order valence-corrected chi connectivity index (χ2v) is 4.43. The van der Waals surface area contributed by atoms with Gasteiger partial charge in [-0.05, 0) is 19.1 Å². The van der Waals surface area contributed by atoms with Crippen molar-refractivity contribution >= 4 is 17.3 Å². The molecule has 0 atom stereocenters. The van der Waals surface area contributed by atoms with E-state index >= 15 is 0 Å². The summed E-state index contributed by atoms with van der Waals surface area (Å²) in [6, 6.07) is 3.88. The van der Waals surface area contributed by atoms with Crippen molar-refractivity contribution in [2.45, 2.75) is 6.92 Å². The van der Waals surface area contributed by atoms with Gasteiger partial charge in [0.15, 0.2) is 0 Å². The molecule has 0 saturated carbocycles. The molecule has 2 rings (SSSR count). The maximum Gasteiger partial charge on any atom is 0.125 e. The molecule has 1 aromatic carbocycles. The minimum absolute atomic E-state index is 0.732. The Hall–Kier alpha value is -0.930. The van der Waals surface area contributed by atoms with Crippen LogP contribution in [0.15, 0.2) is 12.1 Å². The summed E-state index contributed by atoms with van der Waals surface area (Å²) in [5, 5.41) is 4.07. The summed E-state index contributed by atoms with van der Waals surface area (Å²) < 4.78 is 5.33. The van der Waals surface area contributed by atoms with E-state index in [2.05, 4.69) is 17.1 Å². The minimum atomic E-state index is 0.732. The topological polar surface area (TPSA) is 24.5 Å². The van der Waals surface area contributed by atoms with E-state index in [9.17, 15) is 0 Å². The van der Waals surface area contributed by atoms with Crippen LogP contribution in [0.3, 0.4) is 0 Å². The molecular formula is C12H17ClN2O. The number of nitrogens with zero attached hydrogens (tertiary/aromatic N) is 1. The Bertz CT molecular complexity index is 376. The molecule has 0 spiro atoms. The van der Waals surface area contributed by atoms with Crippen LogP contribution in [0.25, 0.3) is 0 Å². The highest BCUT2D eigenvalue weighted by Gasteiger charge is 2.15. The van der Waals surface area contributed by atoms with Gasteiger partial charge in [0, 0.05) is 42.5 Å². The van der Waals surface area contributed by atoms with Crippen LogP contribution in [-0.2, 0) is 0 Å². The molecule has 3 nitrogen and oxygen atoms in total. The van der Waals surface area contributed by atoms with Crippen LogP contribution < -0.4 is 15.0 Å². The van der Waals surface area contributed by atoms with E-state index in [1.807, 2.05) is 12.1 Å². The first kappa shape index (κ1) is 11.6. The molecule has 1 aliphatic rings. The van der Waals surface area contributed by atoms with Gasteiger partial charge in [-0.2, -0.15) is 0 Å². The first-order chi connectivity index (χ1) is 7.72. The number of nitrogens with one attached hydrogen (secondary N) is 1. The molecule has 1 fully saturated rings. The predicted octanol–water partition coefficient (Wildman–Crippen LogP) is 2.07. The van der Waals surface area contributed by atoms with E-state index in [1.54, 1.807) is 7.11 Å². The van der Waals surface area contributed by atoms with Gasteiger partial charge in [-0.3, -0.25) is 0 Å². The van der Waals surface area contributed by atoms with Gasteiger partial charge in [0.1, 0.15) is 5.75 Å². The molecule has 88 valence electrons. The highest BCUT2D eigenvalue weighted by atomic mass is 35.5. The number of piperazine rings is 1. The summed E-state index contributed by atoms with van der Waals surface area (Å²) >= 11 is 6.10. The second kappa shape index (κ2) is 4.93. The van der Waals surface area contributed by atoms with Gasteiger partial charge in [0.25, 0.3) is 0 Å². The molecule has 0 bridgehead atoms. The zero-order chi connectivity index (χ0) is 11.5. The van der Waals surface area contributed by atoms with Crippen molar-refractivity contribution in [3.8, 4) is 5.75 Å². The van der Waals surface area contributed by atoms with Crippen molar-refractivity contribution in [1.82, 2.24) is 5.32 Å². The van der Waals surface area contributed by atoms with Gasteiger partial charge in [-0.1, -0.05) is 11.6 Å². The molecule has 1 saturated heterocycles. The lowest BCUT2D eigenvalue weighted by atomic mass is 10.1. The van der Waals surface area contributed by atoms with Crippen molar-refractivity contribution in [3.63, 3.8) is 0 Å². The standard InChI is InChI=1S/C12H17ClN2O/c1-9-11(15-5-3-14-4-6-15)7-10(13)8-12(9)16-2/h7-8,14H,3-6H2,1-2H3. The molecule has 1 heterocycles. The van der Waals surface area contributed by atoms with Gasteiger partial charge < -0.3 is 15.0 Å². The fourth-order valence-corrected chi connectivity index (χ4v) is 2.29. The smallest absolute Gasteiger partial charge is 0.125 e. The fraction of sp³-hybridized carbons (Fsp3) is 0.500. The average Bonchev–Trinajstić information content (AvgIpc) is 2.33. The monoisotopic (exact) mass is 240 g/mol. The summed E-state index contributed by atoms with van der Waals surface area (Å²) in [5.74, 6) is 0.862. The lowest BCUT2D eigenvalue weighted by Gasteiger charge is -2.31. The molecular weight excluding hydrogens is 224 g/mol. The molecule has 0 radical (unpaired) electrons. The fourth-order valence-electron chi connectivity index (χ4n) is 2.09. The van der Waals surface area contributed by atoms with Crippen LogP contribution in [0.4, 0.5) is 5.69 Å². The lowest BCUT2D eigenvalue weighted by Crippen LogP contribution is -2.43. The number of hydrogen-bond acceptors (Lipinski definition) is 3. The molecule has 0 aliphatic carbocycles. The molecule has 1 aromatic rings. The quantitative estimate of drug-likeness (QED) is 0.857. The third kappa shape index (κ3) is 2.25. The van der Waals surface area contributed by atoms with E-state index in [0.717, 1.165) is 42.5 Å². The third-order valence-electron chi connectivity index (χ3n) is 2.97. The summed E-state index contributed by atoms with van der Waals surface area (Å²) in [4.78, 5) is 2.35. The molecule has 0 unspecified atom stereocenters. The Morgan fingerprint density at radius 2 is 2.00 bits per heavy atom. The summed E-state index contributed by atoms with van der Waals surface area (Å²) in [6.45, 7) is 6.16. The Balaban J connectivity index is 2.34. The van der Waals surface area contributed by atoms with Crippen LogP contribution >= 0.6 is 11.6 Å². The molecule has 1 aliphatic heterocycles. The first-order valence-corrected chi connectivity index (χ1v) is 5.90. The van der Waals surface area contributed by atoms with Crippen molar-refractivity contribution in [2.75, 3.05) is 38.2 Å². The highest BCUT2D eigenvalue weighted by molar-refractivity contribution is 6.31. The molecule has 16 heavy (non-hydrogen) atoms. The van der Waals surface area contributed by atoms with Gasteiger partial charge >= 0.3 is 0 Å².